The standard InChI is InChI=1S/C15H18ClF3N2/c1-20-11-7-12-2-3-13(8-11)21(12)14-5-9(15(17,18)19)4-10(16)6-14/h4-6,11-13,20H,2-3,7-8H2,1H3. The summed E-state index contributed by atoms with van der Waals surface area (Å²) in [6.07, 6.45) is -0.336. The summed E-state index contributed by atoms with van der Waals surface area (Å²) in [5.41, 5.74) is -0.0583. The van der Waals surface area contributed by atoms with Crippen molar-refractivity contribution in [1.29, 1.82) is 0 Å². The van der Waals surface area contributed by atoms with Gasteiger partial charge in [-0.2, -0.15) is 13.2 Å². The Labute approximate surface area is 127 Å². The van der Waals surface area contributed by atoms with E-state index in [0.29, 0.717) is 23.8 Å². The lowest BCUT2D eigenvalue weighted by Gasteiger charge is -2.40. The number of anilines is 1. The molecule has 2 saturated heterocycles. The molecule has 1 aromatic carbocycles. The van der Waals surface area contributed by atoms with Crippen LogP contribution in [0.2, 0.25) is 5.02 Å². The molecule has 3 rings (SSSR count). The third kappa shape index (κ3) is 2.86. The molecule has 2 bridgehead atoms. The Balaban J connectivity index is 1.93. The molecule has 2 unspecified atom stereocenters. The number of nitrogens with one attached hydrogen (secondary N) is 1. The minimum Gasteiger partial charge on any atom is -0.365 e. The summed E-state index contributed by atoms with van der Waals surface area (Å²) in [7, 11) is 1.95. The third-order valence-corrected chi connectivity index (χ3v) is 4.87. The molecule has 1 aromatic rings. The Bertz CT molecular complexity index is 518. The molecule has 0 radical (unpaired) electrons. The highest BCUT2D eigenvalue weighted by atomic mass is 35.5. The molecule has 2 heterocycles. The SMILES string of the molecule is CNC1CC2CCC(C1)N2c1cc(Cl)cc(C(F)(F)F)c1. The van der Waals surface area contributed by atoms with Crippen molar-refractivity contribution >= 4 is 17.3 Å². The van der Waals surface area contributed by atoms with E-state index in [1.54, 1.807) is 6.07 Å². The van der Waals surface area contributed by atoms with Crippen LogP contribution < -0.4 is 10.2 Å². The number of nitrogens with zero attached hydrogens (tertiary/aromatic N) is 1. The molecule has 0 aliphatic carbocycles. The quantitative estimate of drug-likeness (QED) is 0.884. The van der Waals surface area contributed by atoms with Crippen molar-refractivity contribution in [1.82, 2.24) is 5.32 Å². The fourth-order valence-corrected chi connectivity index (χ4v) is 3.95. The molecule has 0 saturated carbocycles. The summed E-state index contributed by atoms with van der Waals surface area (Å²) in [4.78, 5) is 2.15. The normalized spacial score (nSPS) is 29.0. The zero-order chi connectivity index (χ0) is 15.2. The monoisotopic (exact) mass is 318 g/mol. The van der Waals surface area contributed by atoms with Gasteiger partial charge in [0.15, 0.2) is 0 Å². The van der Waals surface area contributed by atoms with Crippen LogP contribution in [0.4, 0.5) is 18.9 Å². The van der Waals surface area contributed by atoms with Gasteiger partial charge in [-0.05, 0) is 50.9 Å². The molecule has 2 nitrogen and oxygen atoms in total. The van der Waals surface area contributed by atoms with Gasteiger partial charge in [-0.3, -0.25) is 0 Å². The number of hydrogen-bond acceptors (Lipinski definition) is 2. The van der Waals surface area contributed by atoms with E-state index in [1.807, 2.05) is 7.05 Å². The van der Waals surface area contributed by atoms with E-state index < -0.39 is 11.7 Å². The number of rotatable bonds is 2. The van der Waals surface area contributed by atoms with Gasteiger partial charge in [-0.1, -0.05) is 11.6 Å². The van der Waals surface area contributed by atoms with Crippen LogP contribution in [0.15, 0.2) is 18.2 Å². The average molecular weight is 319 g/mol. The zero-order valence-electron chi connectivity index (χ0n) is 11.8. The summed E-state index contributed by atoms with van der Waals surface area (Å²) in [6.45, 7) is 0. The van der Waals surface area contributed by atoms with E-state index in [1.165, 1.54) is 6.07 Å². The number of hydrogen-bond donors (Lipinski definition) is 1. The zero-order valence-corrected chi connectivity index (χ0v) is 12.5. The van der Waals surface area contributed by atoms with Crippen LogP contribution in [-0.2, 0) is 6.18 Å². The molecule has 116 valence electrons. The van der Waals surface area contributed by atoms with Crippen molar-refractivity contribution in [2.75, 3.05) is 11.9 Å². The molecular weight excluding hydrogens is 301 g/mol. The highest BCUT2D eigenvalue weighted by Gasteiger charge is 2.41. The second kappa shape index (κ2) is 5.36. The Kier molecular flexibility index (Phi) is 3.82. The van der Waals surface area contributed by atoms with Gasteiger partial charge in [0.25, 0.3) is 0 Å². The van der Waals surface area contributed by atoms with Crippen LogP contribution in [0.25, 0.3) is 0 Å². The minimum absolute atomic E-state index is 0.148. The molecule has 2 atom stereocenters. The molecule has 2 aliphatic heterocycles. The van der Waals surface area contributed by atoms with Gasteiger partial charge < -0.3 is 10.2 Å². The molecule has 6 heteroatoms. The van der Waals surface area contributed by atoms with Gasteiger partial charge >= 0.3 is 6.18 Å². The minimum atomic E-state index is -4.36. The van der Waals surface area contributed by atoms with Crippen LogP contribution in [-0.4, -0.2) is 25.2 Å². The van der Waals surface area contributed by atoms with E-state index in [2.05, 4.69) is 10.2 Å². The number of fused-ring (bicyclic) bond motifs is 2. The van der Waals surface area contributed by atoms with Gasteiger partial charge in [0, 0.05) is 28.8 Å². The smallest absolute Gasteiger partial charge is 0.365 e. The topological polar surface area (TPSA) is 15.3 Å². The number of benzene rings is 1. The van der Waals surface area contributed by atoms with Crippen LogP contribution in [0.1, 0.15) is 31.2 Å². The van der Waals surface area contributed by atoms with E-state index in [4.69, 9.17) is 11.6 Å². The number of alkyl halides is 3. The molecule has 0 aromatic heterocycles. The van der Waals surface area contributed by atoms with Crippen molar-refractivity contribution in [3.05, 3.63) is 28.8 Å². The van der Waals surface area contributed by atoms with Gasteiger partial charge in [0.05, 0.1) is 5.56 Å². The Morgan fingerprint density at radius 1 is 1.14 bits per heavy atom. The second-order valence-corrected chi connectivity index (χ2v) is 6.38. The van der Waals surface area contributed by atoms with E-state index >= 15 is 0 Å². The predicted octanol–water partition coefficient (Wildman–Crippen LogP) is 4.08. The molecular formula is C15H18ClF3N2. The van der Waals surface area contributed by atoms with Crippen LogP contribution in [0.5, 0.6) is 0 Å². The van der Waals surface area contributed by atoms with Crippen molar-refractivity contribution < 1.29 is 13.2 Å². The summed E-state index contributed by atoms with van der Waals surface area (Å²) in [5.74, 6) is 0. The maximum absolute atomic E-state index is 13.0. The first kappa shape index (κ1) is 15.0. The number of piperidine rings is 1. The molecule has 1 N–H and O–H groups in total. The van der Waals surface area contributed by atoms with Gasteiger partial charge in [0.1, 0.15) is 0 Å². The molecule has 0 spiro atoms. The Morgan fingerprint density at radius 2 is 1.76 bits per heavy atom. The van der Waals surface area contributed by atoms with Crippen LogP contribution in [0, 0.1) is 0 Å². The largest absolute Gasteiger partial charge is 0.416 e. The van der Waals surface area contributed by atoms with Gasteiger partial charge in [-0.15, -0.1) is 0 Å². The van der Waals surface area contributed by atoms with Gasteiger partial charge in [-0.25, -0.2) is 0 Å². The van der Waals surface area contributed by atoms with Crippen molar-refractivity contribution in [3.63, 3.8) is 0 Å². The lowest BCUT2D eigenvalue weighted by Crippen LogP contribution is -2.48. The molecule has 21 heavy (non-hydrogen) atoms. The predicted molar refractivity (Wildman–Crippen MR) is 77.8 cm³/mol. The van der Waals surface area contributed by atoms with Crippen molar-refractivity contribution in [2.24, 2.45) is 0 Å². The van der Waals surface area contributed by atoms with E-state index in [-0.39, 0.29) is 5.02 Å². The summed E-state index contributed by atoms with van der Waals surface area (Å²) < 4.78 is 38.9. The first-order chi connectivity index (χ1) is 9.88. The Hall–Kier alpha value is -0.940. The van der Waals surface area contributed by atoms with Gasteiger partial charge in [0.2, 0.25) is 0 Å². The fraction of sp³-hybridized carbons (Fsp3) is 0.600. The molecule has 2 fully saturated rings. The third-order valence-electron chi connectivity index (χ3n) is 4.65. The second-order valence-electron chi connectivity index (χ2n) is 5.95. The highest BCUT2D eigenvalue weighted by molar-refractivity contribution is 6.31. The highest BCUT2D eigenvalue weighted by Crippen LogP contribution is 2.42. The summed E-state index contributed by atoms with van der Waals surface area (Å²) in [5, 5.41) is 3.44. The summed E-state index contributed by atoms with van der Waals surface area (Å²) >= 11 is 5.91. The first-order valence-corrected chi connectivity index (χ1v) is 7.59. The van der Waals surface area contributed by atoms with E-state index in [9.17, 15) is 13.2 Å². The maximum atomic E-state index is 13.0. The lowest BCUT2D eigenvalue weighted by molar-refractivity contribution is -0.137. The lowest BCUT2D eigenvalue weighted by atomic mass is 9.96. The van der Waals surface area contributed by atoms with Crippen molar-refractivity contribution in [3.8, 4) is 0 Å². The molecule has 2 aliphatic rings. The number of halogens is 4. The first-order valence-electron chi connectivity index (χ1n) is 7.22. The van der Waals surface area contributed by atoms with Crippen LogP contribution >= 0.6 is 11.6 Å². The fourth-order valence-electron chi connectivity index (χ4n) is 3.72. The maximum Gasteiger partial charge on any atom is 0.416 e. The van der Waals surface area contributed by atoms with Crippen molar-refractivity contribution in [2.45, 2.75) is 50.0 Å². The van der Waals surface area contributed by atoms with Crippen LogP contribution in [0.3, 0.4) is 0 Å². The summed E-state index contributed by atoms with van der Waals surface area (Å²) in [6, 6.07) is 4.95. The average Bonchev–Trinajstić information content (AvgIpc) is 2.67. The molecule has 0 amide bonds. The van der Waals surface area contributed by atoms with E-state index in [0.717, 1.165) is 31.7 Å². The Morgan fingerprint density at radius 3 is 2.29 bits per heavy atom.